The van der Waals surface area contributed by atoms with Crippen LogP contribution < -0.4 is 10.5 Å². The van der Waals surface area contributed by atoms with Crippen LogP contribution in [0.4, 0.5) is 5.69 Å². The van der Waals surface area contributed by atoms with Crippen molar-refractivity contribution in [2.75, 3.05) is 12.8 Å². The minimum Gasteiger partial charge on any atom is -0.463 e. The highest BCUT2D eigenvalue weighted by Gasteiger charge is 2.29. The molecule has 1 unspecified atom stereocenters. The molecule has 1 aromatic heterocycles. The first-order chi connectivity index (χ1) is 11.8. The number of hydrogen-bond donors (Lipinski definition) is 2. The quantitative estimate of drug-likeness (QED) is 0.602. The molecule has 3 rings (SSSR count). The molecule has 1 atom stereocenters. The average molecular weight is 401 g/mol. The van der Waals surface area contributed by atoms with Gasteiger partial charge in [0.05, 0.1) is 7.11 Å². The predicted molar refractivity (Wildman–Crippen MR) is 98.9 cm³/mol. The van der Waals surface area contributed by atoms with Gasteiger partial charge in [-0.25, -0.2) is 17.9 Å². The van der Waals surface area contributed by atoms with Crippen LogP contribution in [0.15, 0.2) is 33.6 Å². The maximum atomic E-state index is 12.8. The molecule has 0 bridgehead atoms. The van der Waals surface area contributed by atoms with E-state index >= 15 is 0 Å². The molecule has 1 aliphatic carbocycles. The van der Waals surface area contributed by atoms with E-state index in [1.807, 2.05) is 12.1 Å². The van der Waals surface area contributed by atoms with Gasteiger partial charge in [-0.05, 0) is 49.4 Å². The number of anilines is 1. The summed E-state index contributed by atoms with van der Waals surface area (Å²) >= 11 is 0. The first-order valence-electron chi connectivity index (χ1n) is 7.91. The van der Waals surface area contributed by atoms with Crippen molar-refractivity contribution in [3.05, 3.63) is 46.9 Å². The van der Waals surface area contributed by atoms with Crippen molar-refractivity contribution < 1.29 is 22.4 Å². The Bertz CT molecular complexity index is 923. The largest absolute Gasteiger partial charge is 0.463 e. The van der Waals surface area contributed by atoms with Crippen molar-refractivity contribution in [2.24, 2.45) is 0 Å². The second-order valence-corrected chi connectivity index (χ2v) is 7.73. The number of nitrogens with one attached hydrogen (secondary N) is 1. The molecular weight excluding hydrogens is 380 g/mol. The zero-order chi connectivity index (χ0) is 18.2. The molecule has 0 fully saturated rings. The molecule has 1 heterocycles. The number of carbonyl (C=O) groups is 1. The number of ether oxygens (including phenoxy) is 1. The Balaban J connectivity index is 0.00000243. The first-order valence-corrected chi connectivity index (χ1v) is 9.39. The first kappa shape index (κ1) is 20.3. The van der Waals surface area contributed by atoms with Crippen LogP contribution in [-0.2, 0) is 21.2 Å². The van der Waals surface area contributed by atoms with Crippen LogP contribution in [-0.4, -0.2) is 21.5 Å². The summed E-state index contributed by atoms with van der Waals surface area (Å²) in [5.74, 6) is -0.721. The van der Waals surface area contributed by atoms with Crippen LogP contribution in [0.5, 0.6) is 0 Å². The monoisotopic (exact) mass is 400 g/mol. The lowest BCUT2D eigenvalue weighted by Gasteiger charge is -2.26. The van der Waals surface area contributed by atoms with Crippen molar-refractivity contribution in [1.82, 2.24) is 4.72 Å². The molecule has 142 valence electrons. The summed E-state index contributed by atoms with van der Waals surface area (Å²) in [6.45, 7) is 1.50. The van der Waals surface area contributed by atoms with E-state index in [4.69, 9.17) is 10.2 Å². The van der Waals surface area contributed by atoms with Crippen LogP contribution >= 0.6 is 12.4 Å². The van der Waals surface area contributed by atoms with Crippen molar-refractivity contribution in [1.29, 1.82) is 0 Å². The van der Waals surface area contributed by atoms with Gasteiger partial charge in [0.2, 0.25) is 15.8 Å². The predicted octanol–water partition coefficient (Wildman–Crippen LogP) is 2.73. The molecule has 0 aliphatic heterocycles. The third-order valence-electron chi connectivity index (χ3n) is 4.33. The van der Waals surface area contributed by atoms with Gasteiger partial charge in [-0.2, -0.15) is 0 Å². The third kappa shape index (κ3) is 3.87. The van der Waals surface area contributed by atoms with E-state index in [1.165, 1.54) is 20.1 Å². The number of nitrogens with two attached hydrogens (primary N) is 1. The van der Waals surface area contributed by atoms with E-state index in [9.17, 15) is 13.2 Å². The van der Waals surface area contributed by atoms with Crippen molar-refractivity contribution >= 4 is 34.1 Å². The number of benzene rings is 1. The van der Waals surface area contributed by atoms with E-state index in [0.29, 0.717) is 12.1 Å². The number of rotatable bonds is 4. The Morgan fingerprint density at radius 3 is 2.77 bits per heavy atom. The molecule has 0 radical (unpaired) electrons. The Morgan fingerprint density at radius 1 is 1.35 bits per heavy atom. The number of furan rings is 1. The smallest absolute Gasteiger partial charge is 0.373 e. The number of methoxy groups -OCH3 is 1. The van der Waals surface area contributed by atoms with E-state index in [2.05, 4.69) is 9.46 Å². The van der Waals surface area contributed by atoms with E-state index < -0.39 is 16.0 Å². The Kier molecular flexibility index (Phi) is 6.00. The Morgan fingerprint density at radius 2 is 2.08 bits per heavy atom. The van der Waals surface area contributed by atoms with Crippen molar-refractivity contribution in [3.8, 4) is 0 Å². The number of fused-ring (bicyclic) bond motifs is 1. The normalized spacial score (nSPS) is 16.5. The van der Waals surface area contributed by atoms with Crippen molar-refractivity contribution in [3.63, 3.8) is 0 Å². The summed E-state index contributed by atoms with van der Waals surface area (Å²) in [6, 6.07) is 6.36. The van der Waals surface area contributed by atoms with Gasteiger partial charge < -0.3 is 14.9 Å². The lowest BCUT2D eigenvalue weighted by molar-refractivity contribution is 0.0563. The van der Waals surface area contributed by atoms with Crippen LogP contribution in [0.3, 0.4) is 0 Å². The molecule has 26 heavy (non-hydrogen) atoms. The van der Waals surface area contributed by atoms with Gasteiger partial charge in [0, 0.05) is 17.8 Å². The maximum Gasteiger partial charge on any atom is 0.373 e. The van der Waals surface area contributed by atoms with Gasteiger partial charge >= 0.3 is 5.97 Å². The van der Waals surface area contributed by atoms with Gasteiger partial charge in [0.15, 0.2) is 0 Å². The van der Waals surface area contributed by atoms with E-state index in [0.717, 1.165) is 24.0 Å². The standard InChI is InChI=1S/C17H20N2O5S.ClH/c1-10-16(9-15(24-10)17(20)23-2)25(21,22)19-14-5-3-4-11-8-12(18)6-7-13(11)14;/h6-9,14,19H,3-5,18H2,1-2H3;1H. The summed E-state index contributed by atoms with van der Waals surface area (Å²) in [6.07, 6.45) is 2.42. The summed E-state index contributed by atoms with van der Waals surface area (Å²) < 4.78 is 38.0. The fourth-order valence-electron chi connectivity index (χ4n) is 3.14. The van der Waals surface area contributed by atoms with E-state index in [1.54, 1.807) is 6.07 Å². The number of aryl methyl sites for hydroxylation is 2. The minimum absolute atomic E-state index is 0. The van der Waals surface area contributed by atoms with Crippen LogP contribution in [0.1, 0.15) is 46.3 Å². The molecule has 0 amide bonds. The molecule has 0 saturated heterocycles. The van der Waals surface area contributed by atoms with Gasteiger partial charge in [-0.1, -0.05) is 6.07 Å². The number of carbonyl (C=O) groups excluding carboxylic acids is 1. The maximum absolute atomic E-state index is 12.8. The molecule has 0 saturated carbocycles. The lowest BCUT2D eigenvalue weighted by Crippen LogP contribution is -2.31. The van der Waals surface area contributed by atoms with Gasteiger partial charge in [0.1, 0.15) is 10.7 Å². The zero-order valence-electron chi connectivity index (χ0n) is 14.4. The van der Waals surface area contributed by atoms with Gasteiger partial charge in [0.25, 0.3) is 0 Å². The number of hydrogen-bond acceptors (Lipinski definition) is 6. The SMILES string of the molecule is COC(=O)c1cc(S(=O)(=O)NC2CCCc3cc(N)ccc32)c(C)o1.Cl. The molecule has 7 nitrogen and oxygen atoms in total. The molecule has 1 aliphatic rings. The molecule has 2 aromatic rings. The number of nitrogen functional groups attached to an aromatic ring is 1. The summed E-state index contributed by atoms with van der Waals surface area (Å²) in [7, 11) is -2.64. The highest BCUT2D eigenvalue weighted by atomic mass is 35.5. The van der Waals surface area contributed by atoms with Gasteiger partial charge in [-0.3, -0.25) is 0 Å². The number of halogens is 1. The zero-order valence-corrected chi connectivity index (χ0v) is 16.1. The molecule has 3 N–H and O–H groups in total. The second-order valence-electron chi connectivity index (χ2n) is 6.05. The molecule has 0 spiro atoms. The van der Waals surface area contributed by atoms with Crippen LogP contribution in [0, 0.1) is 6.92 Å². The number of esters is 1. The van der Waals surface area contributed by atoms with Crippen molar-refractivity contribution in [2.45, 2.75) is 37.1 Å². The number of sulfonamides is 1. The topological polar surface area (TPSA) is 112 Å². The Labute approximate surface area is 158 Å². The highest BCUT2D eigenvalue weighted by Crippen LogP contribution is 2.33. The highest BCUT2D eigenvalue weighted by molar-refractivity contribution is 7.89. The fraction of sp³-hybridized carbons (Fsp3) is 0.353. The van der Waals surface area contributed by atoms with E-state index in [-0.39, 0.29) is 34.9 Å². The molecule has 9 heteroatoms. The van der Waals surface area contributed by atoms with Gasteiger partial charge in [-0.15, -0.1) is 12.4 Å². The summed E-state index contributed by atoms with van der Waals surface area (Å²) in [5.41, 5.74) is 8.46. The van der Waals surface area contributed by atoms with Crippen LogP contribution in [0.2, 0.25) is 0 Å². The summed E-state index contributed by atoms with van der Waals surface area (Å²) in [4.78, 5) is 11.5. The molecular formula is C17H21ClN2O5S. The third-order valence-corrected chi connectivity index (χ3v) is 5.91. The van der Waals surface area contributed by atoms with Crippen LogP contribution in [0.25, 0.3) is 0 Å². The minimum atomic E-state index is -3.85. The fourth-order valence-corrected chi connectivity index (χ4v) is 4.57. The molecule has 1 aromatic carbocycles. The Hall–Kier alpha value is -2.03. The average Bonchev–Trinajstić information content (AvgIpc) is 2.96. The summed E-state index contributed by atoms with van der Waals surface area (Å²) in [5, 5.41) is 0. The second kappa shape index (κ2) is 7.69. The lowest BCUT2D eigenvalue weighted by atomic mass is 9.88.